The lowest BCUT2D eigenvalue weighted by atomic mass is 9.91. The Balaban J connectivity index is 1.55. The molecule has 168 valence electrons. The number of halogens is 2. The SMILES string of the molecule is CCOC(=O)[C@@H]1C(=O)NC(N2CCN(c3ccc(F)cc3)CC2)=N[C@H]1c1ccc(F)cc1. The van der Waals surface area contributed by atoms with Crippen molar-refractivity contribution in [3.05, 3.63) is 65.7 Å². The maximum atomic E-state index is 13.4. The molecule has 2 aliphatic rings. The topological polar surface area (TPSA) is 74.2 Å². The molecule has 0 aliphatic carbocycles. The van der Waals surface area contributed by atoms with Crippen molar-refractivity contribution in [1.29, 1.82) is 0 Å². The Morgan fingerprint density at radius 2 is 1.56 bits per heavy atom. The zero-order valence-corrected chi connectivity index (χ0v) is 17.6. The lowest BCUT2D eigenvalue weighted by Gasteiger charge is -2.39. The highest BCUT2D eigenvalue weighted by Gasteiger charge is 2.42. The van der Waals surface area contributed by atoms with Gasteiger partial charge in [-0.15, -0.1) is 0 Å². The second-order valence-corrected chi connectivity index (χ2v) is 7.62. The average molecular weight is 442 g/mol. The van der Waals surface area contributed by atoms with Gasteiger partial charge in [-0.3, -0.25) is 14.9 Å². The van der Waals surface area contributed by atoms with Crippen molar-refractivity contribution in [1.82, 2.24) is 10.2 Å². The first-order valence-corrected chi connectivity index (χ1v) is 10.5. The Morgan fingerprint density at radius 1 is 1.00 bits per heavy atom. The summed E-state index contributed by atoms with van der Waals surface area (Å²) in [5.41, 5.74) is 1.48. The van der Waals surface area contributed by atoms with Crippen LogP contribution >= 0.6 is 0 Å². The van der Waals surface area contributed by atoms with Gasteiger partial charge in [0.25, 0.3) is 0 Å². The molecular formula is C23H24F2N4O3. The number of nitrogens with zero attached hydrogens (tertiary/aromatic N) is 3. The van der Waals surface area contributed by atoms with Gasteiger partial charge in [-0.05, 0) is 48.9 Å². The maximum Gasteiger partial charge on any atom is 0.321 e. The number of rotatable bonds is 4. The molecule has 0 spiro atoms. The lowest BCUT2D eigenvalue weighted by Crippen LogP contribution is -2.57. The number of esters is 1. The minimum absolute atomic E-state index is 0.140. The summed E-state index contributed by atoms with van der Waals surface area (Å²) < 4.78 is 31.7. The van der Waals surface area contributed by atoms with Gasteiger partial charge in [0.15, 0.2) is 5.92 Å². The number of piperazine rings is 1. The van der Waals surface area contributed by atoms with Crippen molar-refractivity contribution in [2.45, 2.75) is 13.0 Å². The summed E-state index contributed by atoms with van der Waals surface area (Å²) in [7, 11) is 0. The number of guanidine groups is 1. The Morgan fingerprint density at radius 3 is 2.16 bits per heavy atom. The van der Waals surface area contributed by atoms with Gasteiger partial charge in [0, 0.05) is 31.9 Å². The molecule has 0 bridgehead atoms. The molecule has 0 radical (unpaired) electrons. The molecule has 32 heavy (non-hydrogen) atoms. The van der Waals surface area contributed by atoms with Crippen molar-refractivity contribution in [3.63, 3.8) is 0 Å². The predicted octanol–water partition coefficient (Wildman–Crippen LogP) is 2.49. The fraction of sp³-hybridized carbons (Fsp3) is 0.348. The van der Waals surface area contributed by atoms with E-state index in [4.69, 9.17) is 4.74 Å². The van der Waals surface area contributed by atoms with Crippen LogP contribution in [0.4, 0.5) is 14.5 Å². The Kier molecular flexibility index (Phi) is 6.34. The minimum atomic E-state index is -1.15. The van der Waals surface area contributed by atoms with Crippen LogP contribution < -0.4 is 10.2 Å². The molecule has 1 fully saturated rings. The highest BCUT2D eigenvalue weighted by molar-refractivity contribution is 6.08. The van der Waals surface area contributed by atoms with E-state index >= 15 is 0 Å². The number of carbonyl (C=O) groups excluding carboxylic acids is 2. The third-order valence-electron chi connectivity index (χ3n) is 5.62. The van der Waals surface area contributed by atoms with Gasteiger partial charge in [0.05, 0.1) is 6.61 Å². The zero-order chi connectivity index (χ0) is 22.7. The largest absolute Gasteiger partial charge is 0.465 e. The number of hydrogen-bond acceptors (Lipinski definition) is 6. The maximum absolute atomic E-state index is 13.4. The number of hydrogen-bond donors (Lipinski definition) is 1. The minimum Gasteiger partial charge on any atom is -0.465 e. The molecule has 2 atom stereocenters. The normalized spacial score (nSPS) is 21.1. The number of nitrogens with one attached hydrogen (secondary N) is 1. The zero-order valence-electron chi connectivity index (χ0n) is 17.6. The van der Waals surface area contributed by atoms with Crippen molar-refractivity contribution in [2.24, 2.45) is 10.9 Å². The van der Waals surface area contributed by atoms with Crippen molar-refractivity contribution >= 4 is 23.5 Å². The summed E-state index contributed by atoms with van der Waals surface area (Å²) in [4.78, 5) is 34.1. The summed E-state index contributed by atoms with van der Waals surface area (Å²) in [5.74, 6) is -2.63. The van der Waals surface area contributed by atoms with E-state index in [-0.39, 0.29) is 12.4 Å². The summed E-state index contributed by atoms with van der Waals surface area (Å²) in [5, 5.41) is 2.74. The lowest BCUT2D eigenvalue weighted by molar-refractivity contribution is -0.153. The van der Waals surface area contributed by atoms with Crippen molar-refractivity contribution in [2.75, 3.05) is 37.7 Å². The second-order valence-electron chi connectivity index (χ2n) is 7.62. The quantitative estimate of drug-likeness (QED) is 0.582. The number of carbonyl (C=O) groups is 2. The Labute approximate surface area is 184 Å². The van der Waals surface area contributed by atoms with E-state index in [2.05, 4.69) is 15.2 Å². The van der Waals surface area contributed by atoms with Crippen LogP contribution in [0.5, 0.6) is 0 Å². The van der Waals surface area contributed by atoms with Crippen molar-refractivity contribution in [3.8, 4) is 0 Å². The van der Waals surface area contributed by atoms with Gasteiger partial charge >= 0.3 is 5.97 Å². The van der Waals surface area contributed by atoms with Crippen LogP contribution in [0.25, 0.3) is 0 Å². The van der Waals surface area contributed by atoms with Crippen LogP contribution in [-0.4, -0.2) is 55.5 Å². The monoisotopic (exact) mass is 442 g/mol. The average Bonchev–Trinajstić information content (AvgIpc) is 2.80. The molecule has 2 aromatic carbocycles. The highest BCUT2D eigenvalue weighted by Crippen LogP contribution is 2.31. The van der Waals surface area contributed by atoms with E-state index in [1.165, 1.54) is 36.4 Å². The van der Waals surface area contributed by atoms with Gasteiger partial charge in [0.2, 0.25) is 11.9 Å². The molecule has 2 aromatic rings. The highest BCUT2D eigenvalue weighted by atomic mass is 19.1. The number of anilines is 1. The molecule has 9 heteroatoms. The third-order valence-corrected chi connectivity index (χ3v) is 5.62. The second kappa shape index (κ2) is 9.33. The first-order valence-electron chi connectivity index (χ1n) is 10.5. The molecule has 0 saturated carbocycles. The van der Waals surface area contributed by atoms with E-state index in [1.807, 2.05) is 4.90 Å². The van der Waals surface area contributed by atoms with Crippen LogP contribution in [0.3, 0.4) is 0 Å². The molecule has 2 heterocycles. The number of ether oxygens (including phenoxy) is 1. The van der Waals surface area contributed by atoms with E-state index in [0.29, 0.717) is 37.7 Å². The van der Waals surface area contributed by atoms with Crippen LogP contribution in [-0.2, 0) is 14.3 Å². The summed E-state index contributed by atoms with van der Waals surface area (Å²) in [6.45, 7) is 4.28. The first-order chi connectivity index (χ1) is 15.5. The van der Waals surface area contributed by atoms with E-state index in [9.17, 15) is 18.4 Å². The molecule has 2 aliphatic heterocycles. The smallest absolute Gasteiger partial charge is 0.321 e. The molecule has 0 aromatic heterocycles. The summed E-state index contributed by atoms with van der Waals surface area (Å²) in [6.07, 6.45) is 0. The van der Waals surface area contributed by atoms with Crippen LogP contribution in [0, 0.1) is 17.6 Å². The van der Waals surface area contributed by atoms with Gasteiger partial charge in [0.1, 0.15) is 17.7 Å². The van der Waals surface area contributed by atoms with Crippen LogP contribution in [0.15, 0.2) is 53.5 Å². The first kappa shape index (κ1) is 21.7. The number of aliphatic imine (C=N–C) groups is 1. The molecule has 1 N–H and O–H groups in total. The van der Waals surface area contributed by atoms with Gasteiger partial charge in [-0.2, -0.15) is 0 Å². The van der Waals surface area contributed by atoms with E-state index in [1.54, 1.807) is 19.1 Å². The van der Waals surface area contributed by atoms with Crippen LogP contribution in [0.2, 0.25) is 0 Å². The van der Waals surface area contributed by atoms with Crippen molar-refractivity contribution < 1.29 is 23.1 Å². The van der Waals surface area contributed by atoms with E-state index < -0.39 is 29.7 Å². The van der Waals surface area contributed by atoms with Gasteiger partial charge < -0.3 is 14.5 Å². The molecule has 1 amide bonds. The van der Waals surface area contributed by atoms with Gasteiger partial charge in [-0.1, -0.05) is 12.1 Å². The number of benzene rings is 2. The molecule has 1 saturated heterocycles. The fourth-order valence-corrected chi connectivity index (χ4v) is 3.95. The fourth-order valence-electron chi connectivity index (χ4n) is 3.95. The predicted molar refractivity (Wildman–Crippen MR) is 115 cm³/mol. The molecule has 7 nitrogen and oxygen atoms in total. The molecular weight excluding hydrogens is 418 g/mol. The van der Waals surface area contributed by atoms with E-state index in [0.717, 1.165) is 5.69 Å². The summed E-state index contributed by atoms with van der Waals surface area (Å²) in [6, 6.07) is 11.1. The molecule has 0 unspecified atom stereocenters. The number of amides is 1. The Hall–Kier alpha value is -3.49. The molecule has 4 rings (SSSR count). The standard InChI is InChI=1S/C23H24F2N4O3/c1-2-32-22(31)19-20(15-3-5-16(24)6-4-15)26-23(27-21(19)30)29-13-11-28(12-14-29)18-9-7-17(25)8-10-18/h3-10,19-20H,2,11-14H2,1H3,(H,26,27,30)/t19-,20-/m0/s1. The van der Waals surface area contributed by atoms with Gasteiger partial charge in [-0.25, -0.2) is 13.8 Å². The summed E-state index contributed by atoms with van der Waals surface area (Å²) >= 11 is 0. The Bertz CT molecular complexity index is 1000. The van der Waals surface area contributed by atoms with Crippen LogP contribution in [0.1, 0.15) is 18.5 Å². The third kappa shape index (κ3) is 4.56.